The van der Waals surface area contributed by atoms with Gasteiger partial charge in [-0.05, 0) is 49.1 Å². The molecule has 0 saturated carbocycles. The number of allylic oxidation sites excluding steroid dienone is 6. The topological polar surface area (TPSA) is 81.7 Å². The predicted octanol–water partition coefficient (Wildman–Crippen LogP) is 3.15. The SMILES string of the molecule is Nc1ncnc2c1c(SC1=CCC3C=CC=CC13)nn2CC1CCNCC1. The van der Waals surface area contributed by atoms with Crippen LogP contribution in [-0.4, -0.2) is 32.8 Å². The number of nitrogens with one attached hydrogen (secondary N) is 1. The molecule has 3 N–H and O–H groups in total. The van der Waals surface area contributed by atoms with Gasteiger partial charge >= 0.3 is 0 Å². The van der Waals surface area contributed by atoms with Crippen LogP contribution in [0.2, 0.25) is 0 Å². The molecule has 0 bridgehead atoms. The van der Waals surface area contributed by atoms with Gasteiger partial charge in [-0.1, -0.05) is 42.1 Å². The number of nitrogens with two attached hydrogens (primary N) is 1. The van der Waals surface area contributed by atoms with Gasteiger partial charge in [-0.2, -0.15) is 5.10 Å². The monoisotopic (exact) mass is 380 g/mol. The van der Waals surface area contributed by atoms with E-state index in [-0.39, 0.29) is 0 Å². The highest BCUT2D eigenvalue weighted by Crippen LogP contribution is 2.46. The molecule has 0 aromatic carbocycles. The first-order valence-corrected chi connectivity index (χ1v) is 10.5. The van der Waals surface area contributed by atoms with E-state index in [4.69, 9.17) is 10.8 Å². The number of nitrogen functional groups attached to an aromatic ring is 1. The molecular weight excluding hydrogens is 356 g/mol. The van der Waals surface area contributed by atoms with Gasteiger partial charge in [-0.25, -0.2) is 14.6 Å². The van der Waals surface area contributed by atoms with E-state index < -0.39 is 0 Å². The fourth-order valence-corrected chi connectivity index (χ4v) is 5.53. The van der Waals surface area contributed by atoms with Crippen molar-refractivity contribution in [2.75, 3.05) is 18.8 Å². The summed E-state index contributed by atoms with van der Waals surface area (Å²) in [7, 11) is 0. The average molecular weight is 381 g/mol. The van der Waals surface area contributed by atoms with Crippen molar-refractivity contribution in [1.29, 1.82) is 0 Å². The van der Waals surface area contributed by atoms with Gasteiger partial charge in [-0.3, -0.25) is 0 Å². The normalized spacial score (nSPS) is 25.1. The third-order valence-corrected chi connectivity index (χ3v) is 6.95. The van der Waals surface area contributed by atoms with Gasteiger partial charge in [0.25, 0.3) is 0 Å². The zero-order valence-corrected chi connectivity index (χ0v) is 16.0. The highest BCUT2D eigenvalue weighted by Gasteiger charge is 2.29. The molecule has 2 aliphatic carbocycles. The number of nitrogens with zero attached hydrogens (tertiary/aromatic N) is 4. The van der Waals surface area contributed by atoms with Crippen LogP contribution in [0.1, 0.15) is 19.3 Å². The van der Waals surface area contributed by atoms with Crippen molar-refractivity contribution < 1.29 is 0 Å². The molecule has 0 spiro atoms. The van der Waals surface area contributed by atoms with E-state index in [9.17, 15) is 0 Å². The van der Waals surface area contributed by atoms with Crippen LogP contribution in [0.15, 0.2) is 46.6 Å². The Balaban J connectivity index is 1.47. The predicted molar refractivity (Wildman–Crippen MR) is 109 cm³/mol. The van der Waals surface area contributed by atoms with E-state index in [1.807, 2.05) is 0 Å². The van der Waals surface area contributed by atoms with Crippen LogP contribution in [-0.2, 0) is 6.54 Å². The van der Waals surface area contributed by atoms with Crippen LogP contribution < -0.4 is 11.1 Å². The lowest BCUT2D eigenvalue weighted by Gasteiger charge is -2.22. The van der Waals surface area contributed by atoms with E-state index in [2.05, 4.69) is 50.3 Å². The van der Waals surface area contributed by atoms with Gasteiger partial charge in [-0.15, -0.1) is 0 Å². The minimum atomic E-state index is 0.454. The summed E-state index contributed by atoms with van der Waals surface area (Å²) in [4.78, 5) is 10.1. The fraction of sp³-hybridized carbons (Fsp3) is 0.450. The Kier molecular flexibility index (Phi) is 4.49. The third kappa shape index (κ3) is 3.19. The Hall–Kier alpha value is -2.12. The summed E-state index contributed by atoms with van der Waals surface area (Å²) >= 11 is 1.74. The number of hydrogen-bond acceptors (Lipinski definition) is 6. The first-order valence-electron chi connectivity index (χ1n) is 9.70. The largest absolute Gasteiger partial charge is 0.383 e. The van der Waals surface area contributed by atoms with Gasteiger partial charge in [0.15, 0.2) is 5.65 Å². The molecule has 1 saturated heterocycles. The first-order chi connectivity index (χ1) is 13.3. The summed E-state index contributed by atoms with van der Waals surface area (Å²) in [6.07, 6.45) is 16.2. The van der Waals surface area contributed by atoms with Gasteiger partial charge in [0.05, 0.1) is 5.39 Å². The maximum absolute atomic E-state index is 6.24. The summed E-state index contributed by atoms with van der Waals surface area (Å²) in [6, 6.07) is 0. The Morgan fingerprint density at radius 3 is 2.93 bits per heavy atom. The lowest BCUT2D eigenvalue weighted by molar-refractivity contribution is 0.323. The molecule has 2 atom stereocenters. The number of fused-ring (bicyclic) bond motifs is 2. The summed E-state index contributed by atoms with van der Waals surface area (Å²) in [6.45, 7) is 3.06. The molecule has 0 amide bonds. The molecular formula is C20H24N6S. The van der Waals surface area contributed by atoms with Gasteiger partial charge in [0, 0.05) is 12.5 Å². The van der Waals surface area contributed by atoms with Crippen molar-refractivity contribution in [1.82, 2.24) is 25.1 Å². The fourth-order valence-electron chi connectivity index (χ4n) is 4.30. The third-order valence-electron chi connectivity index (χ3n) is 5.80. The Morgan fingerprint density at radius 1 is 1.19 bits per heavy atom. The Bertz CT molecular complexity index is 937. The Morgan fingerprint density at radius 2 is 2.04 bits per heavy atom. The van der Waals surface area contributed by atoms with Crippen molar-refractivity contribution in [2.45, 2.75) is 30.8 Å². The molecule has 3 heterocycles. The number of hydrogen-bond donors (Lipinski definition) is 2. The number of thioether (sulfide) groups is 1. The summed E-state index contributed by atoms with van der Waals surface area (Å²) in [5.41, 5.74) is 7.10. The second kappa shape index (κ2) is 7.13. The smallest absolute Gasteiger partial charge is 0.164 e. The number of piperidine rings is 1. The van der Waals surface area contributed by atoms with Gasteiger partial charge in [0.1, 0.15) is 17.2 Å². The van der Waals surface area contributed by atoms with Crippen LogP contribution in [0.25, 0.3) is 11.0 Å². The molecule has 27 heavy (non-hydrogen) atoms. The number of aromatic nitrogens is 4. The lowest BCUT2D eigenvalue weighted by atomic mass is 9.91. The maximum atomic E-state index is 6.24. The minimum Gasteiger partial charge on any atom is -0.383 e. The van der Waals surface area contributed by atoms with Gasteiger partial charge in [0.2, 0.25) is 0 Å². The zero-order valence-electron chi connectivity index (χ0n) is 15.2. The van der Waals surface area contributed by atoms with E-state index in [0.29, 0.717) is 23.6 Å². The summed E-state index contributed by atoms with van der Waals surface area (Å²) in [5.74, 6) is 2.18. The molecule has 1 aliphatic heterocycles. The second-order valence-corrected chi connectivity index (χ2v) is 8.60. The molecule has 2 unspecified atom stereocenters. The van der Waals surface area contributed by atoms with Crippen molar-refractivity contribution in [2.24, 2.45) is 17.8 Å². The average Bonchev–Trinajstić information content (AvgIpc) is 3.26. The summed E-state index contributed by atoms with van der Waals surface area (Å²) in [5, 5.41) is 10.2. The molecule has 2 aromatic heterocycles. The van der Waals surface area contributed by atoms with E-state index >= 15 is 0 Å². The van der Waals surface area contributed by atoms with Crippen molar-refractivity contribution >= 4 is 28.6 Å². The molecule has 5 rings (SSSR count). The van der Waals surface area contributed by atoms with Gasteiger partial charge < -0.3 is 11.1 Å². The standard InChI is InChI=1S/C20H24N6S/c21-18-17-19(24-12-23-18)26(11-13-7-9-22-10-8-13)25-20(17)27-16-6-5-14-3-1-2-4-15(14)16/h1-4,6,12-15,22H,5,7-11H2,(H2,21,23,24). The summed E-state index contributed by atoms with van der Waals surface area (Å²) < 4.78 is 2.05. The van der Waals surface area contributed by atoms with Crippen LogP contribution in [0, 0.1) is 17.8 Å². The highest BCUT2D eigenvalue weighted by molar-refractivity contribution is 8.03. The van der Waals surface area contributed by atoms with Crippen LogP contribution in [0.3, 0.4) is 0 Å². The number of anilines is 1. The molecule has 2 aromatic rings. The maximum Gasteiger partial charge on any atom is 0.164 e. The van der Waals surface area contributed by atoms with E-state index in [0.717, 1.165) is 42.1 Å². The molecule has 140 valence electrons. The van der Waals surface area contributed by atoms with Crippen LogP contribution in [0.4, 0.5) is 5.82 Å². The van der Waals surface area contributed by atoms with E-state index in [1.165, 1.54) is 17.7 Å². The first kappa shape index (κ1) is 17.0. The van der Waals surface area contributed by atoms with Crippen LogP contribution >= 0.6 is 11.8 Å². The quantitative estimate of drug-likeness (QED) is 0.848. The lowest BCUT2D eigenvalue weighted by Crippen LogP contribution is -2.30. The second-order valence-electron chi connectivity index (χ2n) is 7.54. The van der Waals surface area contributed by atoms with Crippen LogP contribution in [0.5, 0.6) is 0 Å². The molecule has 1 fully saturated rings. The van der Waals surface area contributed by atoms with E-state index in [1.54, 1.807) is 18.1 Å². The molecule has 6 nitrogen and oxygen atoms in total. The molecule has 3 aliphatic rings. The number of rotatable bonds is 4. The minimum absolute atomic E-state index is 0.454. The highest BCUT2D eigenvalue weighted by atomic mass is 32.2. The molecule has 0 radical (unpaired) electrons. The van der Waals surface area contributed by atoms with Crippen molar-refractivity contribution in [3.63, 3.8) is 0 Å². The van der Waals surface area contributed by atoms with Crippen molar-refractivity contribution in [3.05, 3.63) is 41.6 Å². The van der Waals surface area contributed by atoms with Crippen molar-refractivity contribution in [3.8, 4) is 0 Å². The molecule has 7 heteroatoms. The zero-order chi connectivity index (χ0) is 18.2. The Labute approximate surface area is 163 Å².